The summed E-state index contributed by atoms with van der Waals surface area (Å²) in [7, 11) is 0. The van der Waals surface area contributed by atoms with Gasteiger partial charge in [0.2, 0.25) is 0 Å². The summed E-state index contributed by atoms with van der Waals surface area (Å²) in [6, 6.07) is 2.05. The van der Waals surface area contributed by atoms with Crippen LogP contribution in [0.5, 0.6) is 0 Å². The zero-order chi connectivity index (χ0) is 9.23. The van der Waals surface area contributed by atoms with Crippen molar-refractivity contribution in [2.24, 2.45) is 0 Å². The van der Waals surface area contributed by atoms with Crippen LogP contribution < -0.4 is 0 Å². The first-order valence-electron chi connectivity index (χ1n) is 3.96. The Morgan fingerprint density at radius 2 is 2.42 bits per heavy atom. The molecule has 0 aromatic carbocycles. The highest BCUT2D eigenvalue weighted by Gasteiger charge is 2.05. The van der Waals surface area contributed by atoms with Crippen molar-refractivity contribution in [3.05, 3.63) is 0 Å². The van der Waals surface area contributed by atoms with Crippen LogP contribution in [0.2, 0.25) is 0 Å². The van der Waals surface area contributed by atoms with Gasteiger partial charge in [-0.3, -0.25) is 0 Å². The highest BCUT2D eigenvalue weighted by Crippen LogP contribution is 2.05. The second-order valence-electron chi connectivity index (χ2n) is 2.35. The van der Waals surface area contributed by atoms with E-state index in [1.807, 2.05) is 6.26 Å². The molecule has 0 aromatic rings. The average molecular weight is 189 g/mol. The minimum Gasteiger partial charge on any atom is -0.394 e. The van der Waals surface area contributed by atoms with Crippen LogP contribution in [-0.4, -0.2) is 36.4 Å². The molecule has 1 unspecified atom stereocenters. The maximum Gasteiger partial charge on any atom is 0.144 e. The summed E-state index contributed by atoms with van der Waals surface area (Å²) in [6.07, 6.45) is 3.45. The van der Waals surface area contributed by atoms with Crippen molar-refractivity contribution in [3.8, 4) is 6.07 Å². The van der Waals surface area contributed by atoms with E-state index in [2.05, 4.69) is 6.07 Å². The number of hydrogen-bond acceptors (Lipinski definition) is 4. The topological polar surface area (TPSA) is 53.2 Å². The fourth-order valence-corrected chi connectivity index (χ4v) is 1.25. The molecular weight excluding hydrogens is 174 g/mol. The van der Waals surface area contributed by atoms with Crippen molar-refractivity contribution in [1.29, 1.82) is 5.26 Å². The summed E-state index contributed by atoms with van der Waals surface area (Å²) in [5.41, 5.74) is 0. The van der Waals surface area contributed by atoms with Crippen LogP contribution in [0.15, 0.2) is 0 Å². The molecule has 3 nitrogen and oxygen atoms in total. The van der Waals surface area contributed by atoms with E-state index in [1.54, 1.807) is 11.8 Å². The second kappa shape index (κ2) is 8.85. The predicted octanol–water partition coefficient (Wildman–Crippen LogP) is 1.03. The highest BCUT2D eigenvalue weighted by molar-refractivity contribution is 7.98. The van der Waals surface area contributed by atoms with Gasteiger partial charge in [0.25, 0.3) is 0 Å². The van der Waals surface area contributed by atoms with E-state index in [1.165, 1.54) is 0 Å². The van der Waals surface area contributed by atoms with Gasteiger partial charge in [-0.2, -0.15) is 17.0 Å². The van der Waals surface area contributed by atoms with E-state index in [-0.39, 0.29) is 19.3 Å². The molecule has 0 spiro atoms. The second-order valence-corrected chi connectivity index (χ2v) is 3.33. The van der Waals surface area contributed by atoms with Crippen LogP contribution in [0.4, 0.5) is 0 Å². The molecular formula is C8H15NO2S. The van der Waals surface area contributed by atoms with Crippen molar-refractivity contribution in [2.75, 3.05) is 25.2 Å². The Morgan fingerprint density at radius 1 is 1.67 bits per heavy atom. The summed E-state index contributed by atoms with van der Waals surface area (Å²) in [5, 5.41) is 17.0. The monoisotopic (exact) mass is 189 g/mol. The molecule has 0 saturated heterocycles. The summed E-state index contributed by atoms with van der Waals surface area (Å²) in [5.74, 6) is 1.06. The molecule has 0 radical (unpaired) electrons. The molecule has 1 atom stereocenters. The molecule has 0 aromatic heterocycles. The number of aliphatic hydroxyl groups excluding tert-OH is 1. The molecule has 0 aliphatic rings. The van der Waals surface area contributed by atoms with Crippen molar-refractivity contribution >= 4 is 11.8 Å². The van der Waals surface area contributed by atoms with Crippen LogP contribution >= 0.6 is 11.8 Å². The number of ether oxygens (including phenoxy) is 1. The smallest absolute Gasteiger partial charge is 0.144 e. The number of nitriles is 1. The number of rotatable bonds is 7. The molecule has 0 aliphatic heterocycles. The van der Waals surface area contributed by atoms with Gasteiger partial charge in [-0.1, -0.05) is 0 Å². The first-order chi connectivity index (χ1) is 5.85. The summed E-state index contributed by atoms with van der Waals surface area (Å²) >= 11 is 1.76. The first-order valence-corrected chi connectivity index (χ1v) is 5.35. The molecule has 0 aliphatic carbocycles. The lowest BCUT2D eigenvalue weighted by molar-refractivity contribution is 0.0540. The Balaban J connectivity index is 3.35. The minimum atomic E-state index is -0.343. The lowest BCUT2D eigenvalue weighted by atomic mass is 10.2. The van der Waals surface area contributed by atoms with Gasteiger partial charge in [0, 0.05) is 0 Å². The van der Waals surface area contributed by atoms with Gasteiger partial charge in [0.05, 0.1) is 19.3 Å². The molecule has 0 bridgehead atoms. The molecule has 1 N–H and O–H groups in total. The molecule has 0 rings (SSSR count). The van der Waals surface area contributed by atoms with E-state index in [0.29, 0.717) is 0 Å². The lowest BCUT2D eigenvalue weighted by Crippen LogP contribution is -2.13. The predicted molar refractivity (Wildman–Crippen MR) is 50.1 cm³/mol. The number of nitrogens with zero attached hydrogens (tertiary/aromatic N) is 1. The van der Waals surface area contributed by atoms with Gasteiger partial charge in [-0.25, -0.2) is 0 Å². The van der Waals surface area contributed by atoms with E-state index in [9.17, 15) is 0 Å². The van der Waals surface area contributed by atoms with Gasteiger partial charge in [-0.05, 0) is 24.9 Å². The quantitative estimate of drug-likeness (QED) is 0.608. The fourth-order valence-electron chi connectivity index (χ4n) is 0.793. The number of aliphatic hydroxyl groups is 1. The van der Waals surface area contributed by atoms with Crippen LogP contribution in [-0.2, 0) is 4.74 Å². The lowest BCUT2D eigenvalue weighted by Gasteiger charge is -2.08. The van der Waals surface area contributed by atoms with Crippen LogP contribution in [0.25, 0.3) is 0 Å². The number of hydrogen-bond donors (Lipinski definition) is 1. The van der Waals surface area contributed by atoms with E-state index in [4.69, 9.17) is 15.1 Å². The summed E-state index contributed by atoms with van der Waals surface area (Å²) in [6.45, 7) is 0.248. The van der Waals surface area contributed by atoms with Crippen molar-refractivity contribution in [2.45, 2.75) is 18.9 Å². The molecule has 0 saturated carbocycles. The largest absolute Gasteiger partial charge is 0.394 e. The third-order valence-corrected chi connectivity index (χ3v) is 2.07. The van der Waals surface area contributed by atoms with Gasteiger partial charge >= 0.3 is 0 Å². The van der Waals surface area contributed by atoms with Crippen LogP contribution in [0.1, 0.15) is 12.8 Å². The van der Waals surface area contributed by atoms with Gasteiger partial charge < -0.3 is 9.84 Å². The van der Waals surface area contributed by atoms with Gasteiger partial charge in [0.1, 0.15) is 6.10 Å². The van der Waals surface area contributed by atoms with Crippen molar-refractivity contribution in [1.82, 2.24) is 0 Å². The van der Waals surface area contributed by atoms with Crippen molar-refractivity contribution < 1.29 is 9.84 Å². The van der Waals surface area contributed by atoms with Crippen molar-refractivity contribution in [3.63, 3.8) is 0 Å². The highest BCUT2D eigenvalue weighted by atomic mass is 32.2. The minimum absolute atomic E-state index is 0.0132. The average Bonchev–Trinajstić information content (AvgIpc) is 2.11. The number of thioether (sulfide) groups is 1. The fraction of sp³-hybridized carbons (Fsp3) is 0.875. The summed E-state index contributed by atoms with van der Waals surface area (Å²) < 4.78 is 5.07. The maximum absolute atomic E-state index is 8.59. The Morgan fingerprint density at radius 3 is 2.92 bits per heavy atom. The zero-order valence-corrected chi connectivity index (χ0v) is 8.14. The SMILES string of the molecule is CSCCCC(C#N)OCCO. The molecule has 0 heterocycles. The molecule has 0 fully saturated rings. The zero-order valence-electron chi connectivity index (χ0n) is 7.32. The molecule has 12 heavy (non-hydrogen) atoms. The Labute approximate surface area is 77.7 Å². The van der Waals surface area contributed by atoms with Crippen LogP contribution in [0.3, 0.4) is 0 Å². The normalized spacial score (nSPS) is 12.4. The molecule has 70 valence electrons. The Hall–Kier alpha value is -0.240. The Bertz CT molecular complexity index is 136. The van der Waals surface area contributed by atoms with Gasteiger partial charge in [-0.15, -0.1) is 0 Å². The standard InChI is InChI=1S/C8H15NO2S/c1-12-6-2-3-8(7-9)11-5-4-10/h8,10H,2-6H2,1H3. The van der Waals surface area contributed by atoms with E-state index in [0.717, 1.165) is 18.6 Å². The molecule has 4 heteroatoms. The summed E-state index contributed by atoms with van der Waals surface area (Å²) in [4.78, 5) is 0. The van der Waals surface area contributed by atoms with Gasteiger partial charge in [0.15, 0.2) is 0 Å². The van der Waals surface area contributed by atoms with E-state index >= 15 is 0 Å². The van der Waals surface area contributed by atoms with Crippen LogP contribution in [0, 0.1) is 11.3 Å². The third-order valence-electron chi connectivity index (χ3n) is 1.37. The van der Waals surface area contributed by atoms with E-state index < -0.39 is 0 Å². The third kappa shape index (κ3) is 6.47. The molecule has 0 amide bonds. The Kier molecular flexibility index (Phi) is 8.68. The maximum atomic E-state index is 8.59. The first kappa shape index (κ1) is 11.8.